The average molecular weight is 536 g/mol. The summed E-state index contributed by atoms with van der Waals surface area (Å²) in [5.41, 5.74) is 1.62. The van der Waals surface area contributed by atoms with E-state index < -0.39 is 11.6 Å². The van der Waals surface area contributed by atoms with Crippen molar-refractivity contribution in [1.29, 1.82) is 0 Å². The molecular weight excluding hydrogens is 497 g/mol. The van der Waals surface area contributed by atoms with Crippen molar-refractivity contribution in [2.75, 3.05) is 30.5 Å². The maximum Gasteiger partial charge on any atom is 0.249 e. The summed E-state index contributed by atoms with van der Waals surface area (Å²) >= 11 is 0. The molecule has 9 nitrogen and oxygen atoms in total. The average Bonchev–Trinajstić information content (AvgIpc) is 3.25. The van der Waals surface area contributed by atoms with E-state index in [0.717, 1.165) is 69.7 Å². The van der Waals surface area contributed by atoms with Crippen LogP contribution in [0.5, 0.6) is 11.5 Å². The number of rotatable bonds is 8. The van der Waals surface area contributed by atoms with E-state index in [-0.39, 0.29) is 17.9 Å². The van der Waals surface area contributed by atoms with Crippen LogP contribution in [0.25, 0.3) is 0 Å². The van der Waals surface area contributed by atoms with E-state index in [2.05, 4.69) is 27.3 Å². The first-order valence-electron chi connectivity index (χ1n) is 13.9. The highest BCUT2D eigenvalue weighted by Crippen LogP contribution is 2.32. The first-order chi connectivity index (χ1) is 19.0. The molecule has 0 spiro atoms. The van der Waals surface area contributed by atoms with E-state index in [1.807, 2.05) is 12.1 Å². The van der Waals surface area contributed by atoms with Crippen LogP contribution in [-0.2, 0) is 6.54 Å². The topological polar surface area (TPSA) is 113 Å². The van der Waals surface area contributed by atoms with Crippen molar-refractivity contribution in [1.82, 2.24) is 19.9 Å². The molecule has 1 saturated heterocycles. The highest BCUT2D eigenvalue weighted by Gasteiger charge is 2.24. The SMILES string of the molecule is COc1ccc(CN2CCC(Nc3nc(C4CCCCCC4)nc(N(N)c4ccc(O)c(F)c4)n3)CC2)cc1. The number of phenols is 1. The Kier molecular flexibility index (Phi) is 8.73. The standard InChI is InChI=1S/C29H38FN7O2/c1-39-24-11-8-20(9-12-24)19-36-16-14-22(15-17-36)32-28-33-27(21-6-4-2-3-5-7-21)34-29(35-28)37(31)23-10-13-26(38)25(30)18-23/h8-13,18,21-22,38H,2-7,14-17,19,31H2,1H3,(H,32,33,34,35). The summed E-state index contributed by atoms with van der Waals surface area (Å²) in [6.45, 7) is 2.84. The van der Waals surface area contributed by atoms with Gasteiger partial charge >= 0.3 is 0 Å². The summed E-state index contributed by atoms with van der Waals surface area (Å²) in [7, 11) is 1.68. The highest BCUT2D eigenvalue weighted by molar-refractivity contribution is 5.57. The number of hydrogen-bond acceptors (Lipinski definition) is 9. The Morgan fingerprint density at radius 1 is 1.00 bits per heavy atom. The van der Waals surface area contributed by atoms with Crippen LogP contribution < -0.4 is 20.9 Å². The molecule has 2 aliphatic rings. The Morgan fingerprint density at radius 2 is 1.72 bits per heavy atom. The number of nitrogens with one attached hydrogen (secondary N) is 1. The number of aromatic nitrogens is 3. The molecule has 1 aliphatic carbocycles. The number of ether oxygens (including phenoxy) is 1. The van der Waals surface area contributed by atoms with E-state index in [1.54, 1.807) is 13.2 Å². The minimum atomic E-state index is -0.749. The van der Waals surface area contributed by atoms with Gasteiger partial charge in [0.05, 0.1) is 12.8 Å². The van der Waals surface area contributed by atoms with Gasteiger partial charge in [-0.1, -0.05) is 37.8 Å². The minimum Gasteiger partial charge on any atom is -0.505 e. The van der Waals surface area contributed by atoms with Gasteiger partial charge in [0, 0.05) is 37.7 Å². The number of benzene rings is 2. The Hall–Kier alpha value is -3.50. The van der Waals surface area contributed by atoms with E-state index >= 15 is 0 Å². The largest absolute Gasteiger partial charge is 0.505 e. The smallest absolute Gasteiger partial charge is 0.249 e. The molecule has 2 heterocycles. The lowest BCUT2D eigenvalue weighted by Crippen LogP contribution is -2.39. The quantitative estimate of drug-likeness (QED) is 0.202. The Balaban J connectivity index is 1.30. The van der Waals surface area contributed by atoms with Crippen molar-refractivity contribution >= 4 is 17.6 Å². The number of anilines is 3. The first kappa shape index (κ1) is 27.1. The Morgan fingerprint density at radius 3 is 2.38 bits per heavy atom. The summed E-state index contributed by atoms with van der Waals surface area (Å²) < 4.78 is 19.3. The number of aromatic hydroxyl groups is 1. The molecule has 0 amide bonds. The van der Waals surface area contributed by atoms with E-state index in [9.17, 15) is 9.50 Å². The van der Waals surface area contributed by atoms with Crippen molar-refractivity contribution < 1.29 is 14.2 Å². The summed E-state index contributed by atoms with van der Waals surface area (Å²) in [6, 6.07) is 12.5. The second kappa shape index (κ2) is 12.6. The molecule has 4 N–H and O–H groups in total. The summed E-state index contributed by atoms with van der Waals surface area (Å²) in [5, 5.41) is 14.4. The molecule has 10 heteroatoms. The molecule has 1 saturated carbocycles. The first-order valence-corrected chi connectivity index (χ1v) is 13.9. The third-order valence-electron chi connectivity index (χ3n) is 7.77. The van der Waals surface area contributed by atoms with Gasteiger partial charge in [0.25, 0.3) is 0 Å². The minimum absolute atomic E-state index is 0.228. The third-order valence-corrected chi connectivity index (χ3v) is 7.77. The summed E-state index contributed by atoms with van der Waals surface area (Å²) in [5.74, 6) is 7.79. The normalized spacial score (nSPS) is 17.5. The lowest BCUT2D eigenvalue weighted by atomic mass is 10.00. The zero-order valence-corrected chi connectivity index (χ0v) is 22.5. The molecule has 1 aliphatic heterocycles. The molecular formula is C29H38FN7O2. The number of piperidine rings is 1. The van der Waals surface area contributed by atoms with Gasteiger partial charge in [-0.15, -0.1) is 0 Å². The fourth-order valence-corrected chi connectivity index (χ4v) is 5.44. The van der Waals surface area contributed by atoms with Crippen LogP contribution in [0, 0.1) is 5.82 Å². The van der Waals surface area contributed by atoms with Crippen molar-refractivity contribution in [2.24, 2.45) is 5.84 Å². The molecule has 1 aromatic heterocycles. The number of nitrogens with zero attached hydrogens (tertiary/aromatic N) is 5. The highest BCUT2D eigenvalue weighted by atomic mass is 19.1. The second-order valence-corrected chi connectivity index (χ2v) is 10.6. The number of nitrogens with two attached hydrogens (primary N) is 1. The summed E-state index contributed by atoms with van der Waals surface area (Å²) in [4.78, 5) is 16.7. The zero-order chi connectivity index (χ0) is 27.2. The molecule has 0 bridgehead atoms. The van der Waals surface area contributed by atoms with Gasteiger partial charge in [-0.05, 0) is 55.5 Å². The van der Waals surface area contributed by atoms with Crippen LogP contribution in [0.3, 0.4) is 0 Å². The Labute approximate surface area is 229 Å². The molecule has 39 heavy (non-hydrogen) atoms. The zero-order valence-electron chi connectivity index (χ0n) is 22.5. The van der Waals surface area contributed by atoms with E-state index in [1.165, 1.54) is 35.5 Å². The molecule has 2 fully saturated rings. The number of hydrazine groups is 1. The molecule has 0 radical (unpaired) electrons. The number of hydrogen-bond donors (Lipinski definition) is 3. The van der Waals surface area contributed by atoms with E-state index in [0.29, 0.717) is 11.6 Å². The van der Waals surface area contributed by atoms with Crippen LogP contribution in [0.2, 0.25) is 0 Å². The van der Waals surface area contributed by atoms with E-state index in [4.69, 9.17) is 20.5 Å². The van der Waals surface area contributed by atoms with Crippen LogP contribution in [0.4, 0.5) is 22.0 Å². The van der Waals surface area contributed by atoms with Gasteiger partial charge in [0.1, 0.15) is 11.6 Å². The van der Waals surface area contributed by atoms with Crippen molar-refractivity contribution in [3.8, 4) is 11.5 Å². The molecule has 208 valence electrons. The second-order valence-electron chi connectivity index (χ2n) is 10.6. The lowest BCUT2D eigenvalue weighted by molar-refractivity contribution is 0.211. The van der Waals surface area contributed by atoms with Crippen molar-refractivity contribution in [3.05, 3.63) is 59.7 Å². The van der Waals surface area contributed by atoms with Crippen LogP contribution in [-0.4, -0.2) is 51.2 Å². The van der Waals surface area contributed by atoms with Gasteiger partial charge in [-0.2, -0.15) is 15.0 Å². The maximum atomic E-state index is 14.1. The molecule has 0 unspecified atom stereocenters. The van der Waals surface area contributed by atoms with Gasteiger partial charge < -0.3 is 15.2 Å². The maximum absolute atomic E-state index is 14.1. The predicted molar refractivity (Wildman–Crippen MR) is 150 cm³/mol. The number of likely N-dealkylation sites (tertiary alicyclic amines) is 1. The molecule has 3 aromatic rings. The van der Waals surface area contributed by atoms with Crippen molar-refractivity contribution in [2.45, 2.75) is 69.9 Å². The number of halogens is 1. The van der Waals surface area contributed by atoms with Crippen LogP contribution >= 0.6 is 0 Å². The predicted octanol–water partition coefficient (Wildman–Crippen LogP) is 5.25. The van der Waals surface area contributed by atoms with Crippen LogP contribution in [0.1, 0.15) is 68.7 Å². The molecule has 0 atom stereocenters. The third kappa shape index (κ3) is 6.93. The number of methoxy groups -OCH3 is 1. The van der Waals surface area contributed by atoms with Gasteiger partial charge in [-0.3, -0.25) is 4.90 Å². The summed E-state index contributed by atoms with van der Waals surface area (Å²) in [6.07, 6.45) is 8.75. The molecule has 2 aromatic carbocycles. The van der Waals surface area contributed by atoms with Crippen LogP contribution in [0.15, 0.2) is 42.5 Å². The number of phenolic OH excluding ortho intramolecular Hbond substituents is 1. The van der Waals surface area contributed by atoms with Gasteiger partial charge in [0.2, 0.25) is 11.9 Å². The molecule has 5 rings (SSSR count). The fraction of sp³-hybridized carbons (Fsp3) is 0.483. The fourth-order valence-electron chi connectivity index (χ4n) is 5.44. The van der Waals surface area contributed by atoms with Gasteiger partial charge in [-0.25, -0.2) is 15.2 Å². The van der Waals surface area contributed by atoms with Gasteiger partial charge in [0.15, 0.2) is 11.6 Å². The lowest BCUT2D eigenvalue weighted by Gasteiger charge is -2.32. The Bertz CT molecular complexity index is 1230. The monoisotopic (exact) mass is 535 g/mol. The van der Waals surface area contributed by atoms with Crippen molar-refractivity contribution in [3.63, 3.8) is 0 Å².